The molecule has 1 fully saturated rings. The van der Waals surface area contributed by atoms with Crippen LogP contribution >= 0.6 is 11.6 Å². The molecular formula is C13H15ClF3N3. The average Bonchev–Trinajstić information content (AvgIpc) is 2.64. The van der Waals surface area contributed by atoms with Crippen LogP contribution < -0.4 is 5.43 Å². The molecule has 1 aromatic rings. The van der Waals surface area contributed by atoms with Crippen LogP contribution in [0, 0.1) is 0 Å². The molecule has 1 aliphatic carbocycles. The summed E-state index contributed by atoms with van der Waals surface area (Å²) in [5.74, 6) is 0.149. The van der Waals surface area contributed by atoms with Gasteiger partial charge in [0.25, 0.3) is 0 Å². The van der Waals surface area contributed by atoms with Gasteiger partial charge in [-0.15, -0.1) is 0 Å². The summed E-state index contributed by atoms with van der Waals surface area (Å²) in [6, 6.07) is 0.851. The van der Waals surface area contributed by atoms with E-state index in [1.807, 2.05) is 0 Å². The lowest BCUT2D eigenvalue weighted by molar-refractivity contribution is -0.137. The van der Waals surface area contributed by atoms with Crippen molar-refractivity contribution in [2.24, 2.45) is 5.10 Å². The molecule has 1 heterocycles. The zero-order chi connectivity index (χ0) is 14.6. The van der Waals surface area contributed by atoms with Crippen LogP contribution in [0.3, 0.4) is 0 Å². The van der Waals surface area contributed by atoms with Gasteiger partial charge in [-0.2, -0.15) is 18.3 Å². The van der Waals surface area contributed by atoms with E-state index in [0.29, 0.717) is 0 Å². The van der Waals surface area contributed by atoms with E-state index in [9.17, 15) is 13.2 Å². The van der Waals surface area contributed by atoms with E-state index >= 15 is 0 Å². The van der Waals surface area contributed by atoms with Gasteiger partial charge in [0.15, 0.2) is 5.82 Å². The maximum atomic E-state index is 12.5. The highest BCUT2D eigenvalue weighted by atomic mass is 35.5. The maximum Gasteiger partial charge on any atom is 0.417 e. The van der Waals surface area contributed by atoms with Gasteiger partial charge in [0.05, 0.1) is 10.6 Å². The van der Waals surface area contributed by atoms with Crippen molar-refractivity contribution in [1.29, 1.82) is 0 Å². The van der Waals surface area contributed by atoms with Crippen molar-refractivity contribution in [2.45, 2.75) is 44.7 Å². The van der Waals surface area contributed by atoms with E-state index < -0.39 is 11.7 Å². The SMILES string of the molecule is FC(F)(F)c1cnc(NN=C2CCCCCC2)c(Cl)c1. The molecule has 1 aromatic heterocycles. The molecule has 0 unspecified atom stereocenters. The summed E-state index contributed by atoms with van der Waals surface area (Å²) in [6.45, 7) is 0. The number of hydrogen-bond acceptors (Lipinski definition) is 3. The summed E-state index contributed by atoms with van der Waals surface area (Å²) >= 11 is 5.79. The third-order valence-electron chi connectivity index (χ3n) is 3.17. The van der Waals surface area contributed by atoms with E-state index in [0.717, 1.165) is 43.7 Å². The number of hydrazone groups is 1. The van der Waals surface area contributed by atoms with Gasteiger partial charge in [0, 0.05) is 11.9 Å². The summed E-state index contributed by atoms with van der Waals surface area (Å²) in [7, 11) is 0. The molecule has 110 valence electrons. The Morgan fingerprint density at radius 2 is 1.80 bits per heavy atom. The maximum absolute atomic E-state index is 12.5. The summed E-state index contributed by atoms with van der Waals surface area (Å²) in [6.07, 6.45) is 2.69. The molecule has 1 aliphatic rings. The predicted molar refractivity (Wildman–Crippen MR) is 73.0 cm³/mol. The third-order valence-corrected chi connectivity index (χ3v) is 3.46. The van der Waals surface area contributed by atoms with Crippen molar-refractivity contribution in [3.8, 4) is 0 Å². The second-order valence-corrected chi connectivity index (χ2v) is 5.16. The third kappa shape index (κ3) is 4.10. The van der Waals surface area contributed by atoms with E-state index in [2.05, 4.69) is 15.5 Å². The standard InChI is InChI=1S/C13H15ClF3N3/c14-11-7-9(13(15,16)17)8-18-12(11)20-19-10-5-3-1-2-4-6-10/h7-8H,1-6H2,(H,18,20). The van der Waals surface area contributed by atoms with Gasteiger partial charge >= 0.3 is 6.18 Å². The molecule has 0 saturated heterocycles. The number of alkyl halides is 3. The summed E-state index contributed by atoms with van der Waals surface area (Å²) < 4.78 is 37.4. The highest BCUT2D eigenvalue weighted by Crippen LogP contribution is 2.32. The quantitative estimate of drug-likeness (QED) is 0.625. The lowest BCUT2D eigenvalue weighted by atomic mass is 10.2. The van der Waals surface area contributed by atoms with E-state index in [1.165, 1.54) is 12.8 Å². The number of aromatic nitrogens is 1. The molecule has 1 N–H and O–H groups in total. The Hall–Kier alpha value is -1.30. The Morgan fingerprint density at radius 1 is 1.15 bits per heavy atom. The fourth-order valence-corrected chi connectivity index (χ4v) is 2.26. The molecule has 20 heavy (non-hydrogen) atoms. The lowest BCUT2D eigenvalue weighted by Gasteiger charge is -2.09. The van der Waals surface area contributed by atoms with Crippen LogP contribution in [-0.4, -0.2) is 10.7 Å². The first-order chi connectivity index (χ1) is 9.47. The van der Waals surface area contributed by atoms with Crippen LogP contribution in [0.5, 0.6) is 0 Å². The normalized spacial score (nSPS) is 16.7. The fourth-order valence-electron chi connectivity index (χ4n) is 2.06. The van der Waals surface area contributed by atoms with Gasteiger partial charge in [0.2, 0.25) is 0 Å². The molecule has 0 aliphatic heterocycles. The molecule has 0 spiro atoms. The molecule has 0 amide bonds. The first kappa shape index (κ1) is 15.1. The largest absolute Gasteiger partial charge is 0.417 e. The van der Waals surface area contributed by atoms with Crippen molar-refractivity contribution < 1.29 is 13.2 Å². The van der Waals surface area contributed by atoms with E-state index in [-0.39, 0.29) is 10.8 Å². The van der Waals surface area contributed by atoms with Crippen molar-refractivity contribution in [3.63, 3.8) is 0 Å². The Bertz CT molecular complexity index is 490. The summed E-state index contributed by atoms with van der Waals surface area (Å²) in [5, 5.41) is 4.12. The van der Waals surface area contributed by atoms with Gasteiger partial charge in [0.1, 0.15) is 0 Å². The van der Waals surface area contributed by atoms with Crippen LogP contribution in [-0.2, 0) is 6.18 Å². The van der Waals surface area contributed by atoms with E-state index in [4.69, 9.17) is 11.6 Å². The number of anilines is 1. The molecule has 0 radical (unpaired) electrons. The van der Waals surface area contributed by atoms with Crippen molar-refractivity contribution in [1.82, 2.24) is 4.98 Å². The minimum Gasteiger partial charge on any atom is -0.260 e. The molecule has 0 bridgehead atoms. The van der Waals surface area contributed by atoms with Crippen molar-refractivity contribution in [2.75, 3.05) is 5.43 Å². The molecule has 0 aromatic carbocycles. The minimum atomic E-state index is -4.44. The molecule has 2 rings (SSSR count). The van der Waals surface area contributed by atoms with Crippen LogP contribution in [0.4, 0.5) is 19.0 Å². The molecule has 0 atom stereocenters. The number of nitrogens with zero attached hydrogens (tertiary/aromatic N) is 2. The van der Waals surface area contributed by atoms with Gasteiger partial charge in [-0.05, 0) is 31.7 Å². The molecule has 7 heteroatoms. The molecule has 3 nitrogen and oxygen atoms in total. The number of halogens is 4. The number of pyridine rings is 1. The first-order valence-electron chi connectivity index (χ1n) is 6.51. The Balaban J connectivity index is 2.08. The molecular weight excluding hydrogens is 291 g/mol. The Kier molecular flexibility index (Phi) is 4.86. The lowest BCUT2D eigenvalue weighted by Crippen LogP contribution is -2.07. The van der Waals surface area contributed by atoms with Gasteiger partial charge < -0.3 is 0 Å². The van der Waals surface area contributed by atoms with Crippen LogP contribution in [0.15, 0.2) is 17.4 Å². The first-order valence-corrected chi connectivity index (χ1v) is 6.89. The minimum absolute atomic E-state index is 0.0854. The summed E-state index contributed by atoms with van der Waals surface area (Å²) in [4.78, 5) is 3.68. The second kappa shape index (κ2) is 6.43. The van der Waals surface area contributed by atoms with Gasteiger partial charge in [-0.3, -0.25) is 5.43 Å². The second-order valence-electron chi connectivity index (χ2n) is 4.76. The number of nitrogens with one attached hydrogen (secondary N) is 1. The Morgan fingerprint density at radius 3 is 2.35 bits per heavy atom. The monoisotopic (exact) mass is 305 g/mol. The fraction of sp³-hybridized carbons (Fsp3) is 0.538. The zero-order valence-electron chi connectivity index (χ0n) is 10.8. The van der Waals surface area contributed by atoms with Crippen molar-refractivity contribution in [3.05, 3.63) is 22.8 Å². The highest BCUT2D eigenvalue weighted by molar-refractivity contribution is 6.32. The zero-order valence-corrected chi connectivity index (χ0v) is 11.6. The van der Waals surface area contributed by atoms with E-state index in [1.54, 1.807) is 0 Å². The topological polar surface area (TPSA) is 37.3 Å². The molecule has 1 saturated carbocycles. The smallest absolute Gasteiger partial charge is 0.260 e. The Labute approximate surface area is 120 Å². The average molecular weight is 306 g/mol. The van der Waals surface area contributed by atoms with Crippen LogP contribution in [0.2, 0.25) is 5.02 Å². The van der Waals surface area contributed by atoms with Gasteiger partial charge in [-0.1, -0.05) is 24.4 Å². The number of rotatable bonds is 2. The summed E-state index contributed by atoms with van der Waals surface area (Å²) in [5.41, 5.74) is 2.82. The van der Waals surface area contributed by atoms with Crippen LogP contribution in [0.25, 0.3) is 0 Å². The highest BCUT2D eigenvalue weighted by Gasteiger charge is 2.31. The number of hydrogen-bond donors (Lipinski definition) is 1. The van der Waals surface area contributed by atoms with Gasteiger partial charge in [-0.25, -0.2) is 4.98 Å². The van der Waals surface area contributed by atoms with Crippen LogP contribution in [0.1, 0.15) is 44.1 Å². The van der Waals surface area contributed by atoms with Crippen molar-refractivity contribution >= 4 is 23.1 Å². The predicted octanol–water partition coefficient (Wildman–Crippen LogP) is 4.88.